The summed E-state index contributed by atoms with van der Waals surface area (Å²) in [5.41, 5.74) is 1.77. The topological polar surface area (TPSA) is 36.3 Å². The third-order valence-electron chi connectivity index (χ3n) is 3.38. The largest absolute Gasteiger partial charge is 0.495 e. The monoisotopic (exact) mass is 246 g/mol. The van der Waals surface area contributed by atoms with Crippen LogP contribution in [0.3, 0.4) is 0 Å². The highest BCUT2D eigenvalue weighted by molar-refractivity contribution is 5.45. The number of ether oxygens (including phenoxy) is 1. The van der Waals surface area contributed by atoms with E-state index in [-0.39, 0.29) is 0 Å². The second-order valence-corrected chi connectivity index (χ2v) is 4.53. The van der Waals surface area contributed by atoms with Crippen molar-refractivity contribution in [3.8, 4) is 11.8 Å². The van der Waals surface area contributed by atoms with E-state index >= 15 is 0 Å². The maximum absolute atomic E-state index is 8.95. The van der Waals surface area contributed by atoms with Crippen LogP contribution in [-0.2, 0) is 6.54 Å². The van der Waals surface area contributed by atoms with Gasteiger partial charge in [0.25, 0.3) is 0 Å². The van der Waals surface area contributed by atoms with Crippen molar-refractivity contribution in [1.29, 1.82) is 5.26 Å². The first-order valence-corrected chi connectivity index (χ1v) is 6.43. The van der Waals surface area contributed by atoms with Gasteiger partial charge in [-0.05, 0) is 37.6 Å². The molecule has 0 bridgehead atoms. The summed E-state index contributed by atoms with van der Waals surface area (Å²) in [6.07, 6.45) is 2.31. The van der Waals surface area contributed by atoms with E-state index in [2.05, 4.69) is 31.9 Å². The highest BCUT2D eigenvalue weighted by Gasteiger charge is 2.11. The molecule has 3 heteroatoms. The number of hydrogen-bond donors (Lipinski definition) is 0. The number of hydrogen-bond acceptors (Lipinski definition) is 3. The second kappa shape index (κ2) is 7.03. The van der Waals surface area contributed by atoms with Crippen molar-refractivity contribution in [2.75, 3.05) is 14.2 Å². The minimum Gasteiger partial charge on any atom is -0.495 e. The molecule has 0 fully saturated rings. The molecule has 1 aromatic rings. The maximum atomic E-state index is 8.95. The Hall–Kier alpha value is -1.53. The third kappa shape index (κ3) is 3.48. The van der Waals surface area contributed by atoms with Gasteiger partial charge in [0.15, 0.2) is 0 Å². The van der Waals surface area contributed by atoms with E-state index in [4.69, 9.17) is 10.00 Å². The number of benzene rings is 1. The number of nitriles is 1. The van der Waals surface area contributed by atoms with Gasteiger partial charge in [-0.3, -0.25) is 4.90 Å². The minimum absolute atomic E-state index is 0.589. The molecule has 0 N–H and O–H groups in total. The molecule has 1 rings (SSSR count). The molecule has 0 unspecified atom stereocenters. The van der Waals surface area contributed by atoms with E-state index in [1.807, 2.05) is 18.2 Å². The van der Waals surface area contributed by atoms with Crippen molar-refractivity contribution in [2.24, 2.45) is 0 Å². The Bertz CT molecular complexity index is 419. The normalized spacial score (nSPS) is 10.7. The van der Waals surface area contributed by atoms with Crippen LogP contribution >= 0.6 is 0 Å². The Labute approximate surface area is 110 Å². The average molecular weight is 246 g/mol. The molecule has 0 aromatic heterocycles. The average Bonchev–Trinajstić information content (AvgIpc) is 2.40. The van der Waals surface area contributed by atoms with Gasteiger partial charge in [-0.1, -0.05) is 19.9 Å². The van der Waals surface area contributed by atoms with Gasteiger partial charge in [0.1, 0.15) is 11.8 Å². The van der Waals surface area contributed by atoms with Gasteiger partial charge >= 0.3 is 0 Å². The van der Waals surface area contributed by atoms with Crippen molar-refractivity contribution in [2.45, 2.75) is 39.3 Å². The number of methoxy groups -OCH3 is 1. The standard InChI is InChI=1S/C15H22N2O/c1-5-14(6-2)17(3)11-12-7-8-13(10-16)15(9-12)18-4/h7-9,14H,5-6,11H2,1-4H3. The zero-order valence-electron chi connectivity index (χ0n) is 11.7. The van der Waals surface area contributed by atoms with E-state index in [9.17, 15) is 0 Å². The summed E-state index contributed by atoms with van der Waals surface area (Å²) < 4.78 is 5.23. The predicted octanol–water partition coefficient (Wildman–Crippen LogP) is 3.19. The van der Waals surface area contributed by atoms with E-state index in [1.54, 1.807) is 7.11 Å². The minimum atomic E-state index is 0.589. The van der Waals surface area contributed by atoms with Crippen molar-refractivity contribution in [3.05, 3.63) is 29.3 Å². The van der Waals surface area contributed by atoms with E-state index in [0.29, 0.717) is 17.4 Å². The molecule has 0 aliphatic rings. The van der Waals surface area contributed by atoms with Crippen LogP contribution in [0.1, 0.15) is 37.8 Å². The van der Waals surface area contributed by atoms with Crippen LogP contribution < -0.4 is 4.74 Å². The Morgan fingerprint density at radius 1 is 1.33 bits per heavy atom. The van der Waals surface area contributed by atoms with Crippen molar-refractivity contribution in [1.82, 2.24) is 4.90 Å². The Balaban J connectivity index is 2.82. The van der Waals surface area contributed by atoms with E-state index < -0.39 is 0 Å². The molecule has 0 heterocycles. The van der Waals surface area contributed by atoms with Crippen molar-refractivity contribution in [3.63, 3.8) is 0 Å². The summed E-state index contributed by atoms with van der Waals surface area (Å²) in [5.74, 6) is 0.660. The summed E-state index contributed by atoms with van der Waals surface area (Å²) >= 11 is 0. The van der Waals surface area contributed by atoms with Gasteiger partial charge in [0.2, 0.25) is 0 Å². The summed E-state index contributed by atoms with van der Waals surface area (Å²) in [7, 11) is 3.74. The summed E-state index contributed by atoms with van der Waals surface area (Å²) in [6.45, 7) is 5.31. The highest BCUT2D eigenvalue weighted by Crippen LogP contribution is 2.21. The Morgan fingerprint density at radius 2 is 2.00 bits per heavy atom. The number of rotatable bonds is 6. The SMILES string of the molecule is CCC(CC)N(C)Cc1ccc(C#N)c(OC)c1. The summed E-state index contributed by atoms with van der Waals surface area (Å²) in [5, 5.41) is 8.95. The molecule has 98 valence electrons. The van der Waals surface area contributed by atoms with E-state index in [0.717, 1.165) is 19.4 Å². The summed E-state index contributed by atoms with van der Waals surface area (Å²) in [4.78, 5) is 2.35. The fraction of sp³-hybridized carbons (Fsp3) is 0.533. The Kier molecular flexibility index (Phi) is 5.67. The first kappa shape index (κ1) is 14.5. The van der Waals surface area contributed by atoms with Gasteiger partial charge in [-0.25, -0.2) is 0 Å². The molecule has 0 radical (unpaired) electrons. The zero-order valence-corrected chi connectivity index (χ0v) is 11.7. The van der Waals surface area contributed by atoms with Gasteiger partial charge in [-0.15, -0.1) is 0 Å². The van der Waals surface area contributed by atoms with Gasteiger partial charge in [0, 0.05) is 12.6 Å². The maximum Gasteiger partial charge on any atom is 0.136 e. The molecule has 0 amide bonds. The van der Waals surface area contributed by atoms with Crippen LogP contribution in [-0.4, -0.2) is 25.1 Å². The van der Waals surface area contributed by atoms with Crippen LogP contribution in [0.25, 0.3) is 0 Å². The summed E-state index contributed by atoms with van der Waals surface area (Å²) in [6, 6.07) is 8.52. The lowest BCUT2D eigenvalue weighted by Gasteiger charge is -2.26. The molecule has 3 nitrogen and oxygen atoms in total. The number of nitrogens with zero attached hydrogens (tertiary/aromatic N) is 2. The molecular formula is C15H22N2O. The second-order valence-electron chi connectivity index (χ2n) is 4.53. The predicted molar refractivity (Wildman–Crippen MR) is 73.5 cm³/mol. The van der Waals surface area contributed by atoms with Crippen molar-refractivity contribution < 1.29 is 4.74 Å². The van der Waals surface area contributed by atoms with Gasteiger partial charge in [0.05, 0.1) is 12.7 Å². The fourth-order valence-electron chi connectivity index (χ4n) is 2.26. The molecule has 0 spiro atoms. The van der Waals surface area contributed by atoms with Crippen molar-refractivity contribution >= 4 is 0 Å². The Morgan fingerprint density at radius 3 is 2.50 bits per heavy atom. The third-order valence-corrected chi connectivity index (χ3v) is 3.38. The fourth-order valence-corrected chi connectivity index (χ4v) is 2.26. The molecule has 0 aliphatic heterocycles. The molecule has 0 saturated carbocycles. The van der Waals surface area contributed by atoms with Crippen LogP contribution in [0.15, 0.2) is 18.2 Å². The first-order chi connectivity index (χ1) is 8.65. The lowest BCUT2D eigenvalue weighted by Crippen LogP contribution is -2.29. The lowest BCUT2D eigenvalue weighted by atomic mass is 10.1. The van der Waals surface area contributed by atoms with E-state index in [1.165, 1.54) is 5.56 Å². The molecule has 1 aromatic carbocycles. The molecular weight excluding hydrogens is 224 g/mol. The molecule has 0 atom stereocenters. The molecule has 0 saturated heterocycles. The quantitative estimate of drug-likeness (QED) is 0.773. The van der Waals surface area contributed by atoms with Crippen LogP contribution in [0.2, 0.25) is 0 Å². The van der Waals surface area contributed by atoms with Crippen LogP contribution in [0.4, 0.5) is 0 Å². The van der Waals surface area contributed by atoms with Gasteiger partial charge < -0.3 is 4.74 Å². The van der Waals surface area contributed by atoms with Crippen LogP contribution in [0.5, 0.6) is 5.75 Å². The van der Waals surface area contributed by atoms with Crippen LogP contribution in [0, 0.1) is 11.3 Å². The highest BCUT2D eigenvalue weighted by atomic mass is 16.5. The lowest BCUT2D eigenvalue weighted by molar-refractivity contribution is 0.221. The van der Waals surface area contributed by atoms with Gasteiger partial charge in [-0.2, -0.15) is 5.26 Å². The zero-order chi connectivity index (χ0) is 13.5. The molecule has 18 heavy (non-hydrogen) atoms. The molecule has 0 aliphatic carbocycles. The smallest absolute Gasteiger partial charge is 0.136 e. The first-order valence-electron chi connectivity index (χ1n) is 6.43.